The summed E-state index contributed by atoms with van der Waals surface area (Å²) < 4.78 is 10.7. The summed E-state index contributed by atoms with van der Waals surface area (Å²) in [5, 5.41) is 14.1. The number of thiocarbonyl (C=S) groups is 1. The monoisotopic (exact) mass is 368 g/mol. The van der Waals surface area contributed by atoms with Crippen LogP contribution in [-0.2, 0) is 14.9 Å². The van der Waals surface area contributed by atoms with Gasteiger partial charge < -0.3 is 14.8 Å². The van der Waals surface area contributed by atoms with Crippen LogP contribution in [0, 0.1) is 10.1 Å². The molecule has 1 fully saturated rings. The molecule has 0 aliphatic carbocycles. The van der Waals surface area contributed by atoms with Crippen LogP contribution in [0.2, 0.25) is 0 Å². The third-order valence-corrected chi connectivity index (χ3v) is 4.13. The molecule has 0 aromatic heterocycles. The van der Waals surface area contributed by atoms with Crippen LogP contribution < -0.4 is 20.9 Å². The molecule has 1 heterocycles. The molecule has 2 rings (SSSR count). The smallest absolute Gasteiger partial charge is 0.273 e. The van der Waals surface area contributed by atoms with E-state index in [1.807, 2.05) is 0 Å². The zero-order chi connectivity index (χ0) is 18.4. The SMILES string of the molecule is CCOc1cc([N+](=O)[O-])cc(C2(CC(=O)NNC(=S)NC)COC2)c1. The highest BCUT2D eigenvalue weighted by molar-refractivity contribution is 7.80. The van der Waals surface area contributed by atoms with E-state index in [0.29, 0.717) is 31.1 Å². The summed E-state index contributed by atoms with van der Waals surface area (Å²) in [7, 11) is 1.63. The van der Waals surface area contributed by atoms with E-state index >= 15 is 0 Å². The van der Waals surface area contributed by atoms with Crippen molar-refractivity contribution in [2.24, 2.45) is 0 Å². The van der Waals surface area contributed by atoms with E-state index in [4.69, 9.17) is 21.7 Å². The van der Waals surface area contributed by atoms with E-state index in [1.54, 1.807) is 20.0 Å². The molecule has 0 atom stereocenters. The van der Waals surface area contributed by atoms with Gasteiger partial charge in [0.15, 0.2) is 5.11 Å². The van der Waals surface area contributed by atoms with E-state index in [-0.39, 0.29) is 23.1 Å². The summed E-state index contributed by atoms with van der Waals surface area (Å²) in [6.07, 6.45) is 0.0963. The summed E-state index contributed by atoms with van der Waals surface area (Å²) >= 11 is 4.89. The summed E-state index contributed by atoms with van der Waals surface area (Å²) in [4.78, 5) is 22.9. The van der Waals surface area contributed by atoms with Crippen LogP contribution in [0.5, 0.6) is 5.75 Å². The zero-order valence-electron chi connectivity index (χ0n) is 14.0. The number of hydrazine groups is 1. The average Bonchev–Trinajstić information content (AvgIpc) is 2.55. The Kier molecular flexibility index (Phi) is 6.10. The maximum Gasteiger partial charge on any atom is 0.273 e. The average molecular weight is 368 g/mol. The van der Waals surface area contributed by atoms with Gasteiger partial charge in [-0.05, 0) is 30.8 Å². The molecule has 0 saturated carbocycles. The number of nitro groups is 1. The van der Waals surface area contributed by atoms with Crippen molar-refractivity contribution in [2.45, 2.75) is 18.8 Å². The summed E-state index contributed by atoms with van der Waals surface area (Å²) in [6.45, 7) is 2.77. The molecule has 1 aromatic rings. The second-order valence-electron chi connectivity index (χ2n) is 5.61. The van der Waals surface area contributed by atoms with Gasteiger partial charge in [-0.25, -0.2) is 0 Å². The van der Waals surface area contributed by atoms with Gasteiger partial charge in [-0.3, -0.25) is 25.8 Å². The standard InChI is InChI=1S/C15H20N4O5S/c1-3-24-12-5-10(4-11(6-12)19(21)22)15(8-23-9-15)7-13(20)17-18-14(25)16-2/h4-6H,3,7-9H2,1-2H3,(H,17,20)(H2,16,18,25). The van der Waals surface area contributed by atoms with Crippen LogP contribution in [0.15, 0.2) is 18.2 Å². The molecule has 0 unspecified atom stereocenters. The van der Waals surface area contributed by atoms with Gasteiger partial charge >= 0.3 is 0 Å². The van der Waals surface area contributed by atoms with Crippen molar-refractivity contribution in [3.8, 4) is 5.75 Å². The first-order valence-corrected chi connectivity index (χ1v) is 8.08. The number of nitrogens with zero attached hydrogens (tertiary/aromatic N) is 1. The van der Waals surface area contributed by atoms with Crippen molar-refractivity contribution in [3.63, 3.8) is 0 Å². The second-order valence-corrected chi connectivity index (χ2v) is 6.02. The number of non-ortho nitro benzene ring substituents is 1. The predicted octanol–water partition coefficient (Wildman–Crippen LogP) is 0.777. The molecular weight excluding hydrogens is 348 g/mol. The quantitative estimate of drug-likeness (QED) is 0.383. The van der Waals surface area contributed by atoms with Crippen molar-refractivity contribution in [1.29, 1.82) is 0 Å². The van der Waals surface area contributed by atoms with E-state index in [0.717, 1.165) is 0 Å². The van der Waals surface area contributed by atoms with E-state index in [1.165, 1.54) is 12.1 Å². The number of nitrogens with one attached hydrogen (secondary N) is 3. The minimum atomic E-state index is -0.634. The van der Waals surface area contributed by atoms with Crippen LogP contribution in [0.1, 0.15) is 18.9 Å². The highest BCUT2D eigenvalue weighted by Gasteiger charge is 2.43. The Labute approximate surface area is 150 Å². The highest BCUT2D eigenvalue weighted by atomic mass is 32.1. The van der Waals surface area contributed by atoms with Crippen LogP contribution in [-0.4, -0.2) is 42.8 Å². The summed E-state index contributed by atoms with van der Waals surface area (Å²) in [5.41, 5.74) is 4.98. The lowest BCUT2D eigenvalue weighted by Gasteiger charge is -2.41. The van der Waals surface area contributed by atoms with E-state index in [9.17, 15) is 14.9 Å². The van der Waals surface area contributed by atoms with Gasteiger partial charge in [0.25, 0.3) is 5.69 Å². The Hall–Kier alpha value is -2.46. The maximum atomic E-state index is 12.2. The molecular formula is C15H20N4O5S. The Morgan fingerprint density at radius 1 is 1.40 bits per heavy atom. The fraction of sp³-hybridized carbons (Fsp3) is 0.467. The molecule has 9 nitrogen and oxygen atoms in total. The molecule has 1 aromatic carbocycles. The fourth-order valence-corrected chi connectivity index (χ4v) is 2.56. The highest BCUT2D eigenvalue weighted by Crippen LogP contribution is 2.39. The zero-order valence-corrected chi connectivity index (χ0v) is 14.8. The number of carbonyl (C=O) groups excluding carboxylic acids is 1. The molecule has 136 valence electrons. The molecule has 1 aliphatic heterocycles. The first-order valence-electron chi connectivity index (χ1n) is 7.67. The second kappa shape index (κ2) is 8.08. The first kappa shape index (κ1) is 18.9. The Morgan fingerprint density at radius 3 is 2.64 bits per heavy atom. The van der Waals surface area contributed by atoms with Gasteiger partial charge in [0, 0.05) is 19.5 Å². The number of hydrogen-bond donors (Lipinski definition) is 3. The van der Waals surface area contributed by atoms with Gasteiger partial charge in [0.2, 0.25) is 5.91 Å². The van der Waals surface area contributed by atoms with Crippen molar-refractivity contribution < 1.29 is 19.2 Å². The molecule has 1 saturated heterocycles. The van der Waals surface area contributed by atoms with Crippen molar-refractivity contribution in [3.05, 3.63) is 33.9 Å². The minimum absolute atomic E-state index is 0.0814. The largest absolute Gasteiger partial charge is 0.494 e. The molecule has 1 aliphatic rings. The van der Waals surface area contributed by atoms with E-state index in [2.05, 4.69) is 16.2 Å². The molecule has 1 amide bonds. The maximum absolute atomic E-state index is 12.2. The van der Waals surface area contributed by atoms with Crippen molar-refractivity contribution >= 4 is 28.9 Å². The molecule has 0 spiro atoms. The van der Waals surface area contributed by atoms with Crippen LogP contribution in [0.3, 0.4) is 0 Å². The number of carbonyl (C=O) groups is 1. The van der Waals surface area contributed by atoms with Gasteiger partial charge in [0.1, 0.15) is 5.75 Å². The van der Waals surface area contributed by atoms with Gasteiger partial charge in [-0.2, -0.15) is 0 Å². The fourth-order valence-electron chi connectivity index (χ4n) is 2.50. The predicted molar refractivity (Wildman–Crippen MR) is 94.3 cm³/mol. The molecule has 10 heteroatoms. The van der Waals surface area contributed by atoms with Crippen LogP contribution >= 0.6 is 12.2 Å². The van der Waals surface area contributed by atoms with Gasteiger partial charge in [-0.15, -0.1) is 0 Å². The number of ether oxygens (including phenoxy) is 2. The van der Waals surface area contributed by atoms with Crippen molar-refractivity contribution in [1.82, 2.24) is 16.2 Å². The third kappa shape index (κ3) is 4.54. The normalized spacial score (nSPS) is 14.8. The summed E-state index contributed by atoms with van der Waals surface area (Å²) in [6, 6.07) is 4.55. The number of hydrogen-bond acceptors (Lipinski definition) is 6. The van der Waals surface area contributed by atoms with Crippen LogP contribution in [0.25, 0.3) is 0 Å². The lowest BCUT2D eigenvalue weighted by molar-refractivity contribution is -0.385. The number of nitro benzene ring substituents is 1. The molecule has 0 bridgehead atoms. The minimum Gasteiger partial charge on any atom is -0.494 e. The Bertz CT molecular complexity index is 678. The number of benzene rings is 1. The third-order valence-electron chi connectivity index (χ3n) is 3.82. The molecule has 25 heavy (non-hydrogen) atoms. The lowest BCUT2D eigenvalue weighted by Crippen LogP contribution is -2.53. The Balaban J connectivity index is 2.22. The topological polar surface area (TPSA) is 115 Å². The number of amides is 1. The molecule has 0 radical (unpaired) electrons. The Morgan fingerprint density at radius 2 is 2.12 bits per heavy atom. The van der Waals surface area contributed by atoms with E-state index < -0.39 is 10.3 Å². The van der Waals surface area contributed by atoms with Gasteiger partial charge in [-0.1, -0.05) is 0 Å². The van der Waals surface area contributed by atoms with Crippen molar-refractivity contribution in [2.75, 3.05) is 26.9 Å². The first-order chi connectivity index (χ1) is 11.9. The van der Waals surface area contributed by atoms with Crippen LogP contribution in [0.4, 0.5) is 5.69 Å². The van der Waals surface area contributed by atoms with Gasteiger partial charge in [0.05, 0.1) is 36.2 Å². The number of rotatable bonds is 6. The lowest BCUT2D eigenvalue weighted by atomic mass is 9.75. The summed E-state index contributed by atoms with van der Waals surface area (Å²) in [5.74, 6) is 0.0956. The molecule has 3 N–H and O–H groups in total.